The standard InChI is InChI=1S/C18H24N2O3S/c1-12-3-6-14(24-12)16(21)19-9-7-18(8-10-19)15(23-2)17(22)20(18)11-13-4-5-13/h3,6,13,15H,4-5,7-11H2,1-2H3. The molecule has 3 fully saturated rings. The number of thiophene rings is 1. The molecule has 24 heavy (non-hydrogen) atoms. The highest BCUT2D eigenvalue weighted by atomic mass is 32.1. The first-order valence-electron chi connectivity index (χ1n) is 8.75. The zero-order chi connectivity index (χ0) is 16.9. The van der Waals surface area contributed by atoms with E-state index >= 15 is 0 Å². The molecule has 1 aromatic heterocycles. The molecule has 1 spiro atoms. The van der Waals surface area contributed by atoms with E-state index in [-0.39, 0.29) is 23.5 Å². The summed E-state index contributed by atoms with van der Waals surface area (Å²) in [7, 11) is 1.63. The predicted molar refractivity (Wildman–Crippen MR) is 92.2 cm³/mol. The fourth-order valence-electron chi connectivity index (χ4n) is 4.15. The lowest BCUT2D eigenvalue weighted by Crippen LogP contribution is -2.77. The van der Waals surface area contributed by atoms with Crippen molar-refractivity contribution in [1.29, 1.82) is 0 Å². The second kappa shape index (κ2) is 5.85. The van der Waals surface area contributed by atoms with Crippen LogP contribution < -0.4 is 0 Å². The topological polar surface area (TPSA) is 49.9 Å². The SMILES string of the molecule is COC1C(=O)N(CC2CC2)C12CCN(C(=O)c1ccc(C)s1)CC2. The summed E-state index contributed by atoms with van der Waals surface area (Å²) >= 11 is 1.55. The van der Waals surface area contributed by atoms with E-state index in [0.29, 0.717) is 19.0 Å². The molecule has 1 unspecified atom stereocenters. The number of ether oxygens (including phenoxy) is 1. The molecule has 2 saturated heterocycles. The first-order chi connectivity index (χ1) is 11.5. The Morgan fingerprint density at radius 3 is 2.58 bits per heavy atom. The van der Waals surface area contributed by atoms with Crippen LogP contribution in [0.15, 0.2) is 12.1 Å². The molecule has 0 N–H and O–H groups in total. The molecule has 1 atom stereocenters. The zero-order valence-corrected chi connectivity index (χ0v) is 15.1. The molecule has 130 valence electrons. The fraction of sp³-hybridized carbons (Fsp3) is 0.667. The van der Waals surface area contributed by atoms with Crippen LogP contribution in [0.25, 0.3) is 0 Å². The van der Waals surface area contributed by atoms with Gasteiger partial charge in [-0.25, -0.2) is 0 Å². The number of likely N-dealkylation sites (tertiary alicyclic amines) is 2. The van der Waals surface area contributed by atoms with Crippen LogP contribution in [0.3, 0.4) is 0 Å². The predicted octanol–water partition coefficient (Wildman–Crippen LogP) is 2.30. The van der Waals surface area contributed by atoms with Crippen molar-refractivity contribution in [2.45, 2.75) is 44.2 Å². The molecule has 2 aliphatic heterocycles. The van der Waals surface area contributed by atoms with Crippen LogP contribution in [0.2, 0.25) is 0 Å². The van der Waals surface area contributed by atoms with Crippen molar-refractivity contribution >= 4 is 23.2 Å². The van der Waals surface area contributed by atoms with Gasteiger partial charge in [-0.1, -0.05) is 0 Å². The maximum Gasteiger partial charge on any atom is 0.263 e. The number of methoxy groups -OCH3 is 1. The highest BCUT2D eigenvalue weighted by molar-refractivity contribution is 7.13. The van der Waals surface area contributed by atoms with Crippen LogP contribution >= 0.6 is 11.3 Å². The zero-order valence-electron chi connectivity index (χ0n) is 14.3. The van der Waals surface area contributed by atoms with Gasteiger partial charge in [0, 0.05) is 31.6 Å². The van der Waals surface area contributed by atoms with Crippen molar-refractivity contribution in [3.8, 4) is 0 Å². The smallest absolute Gasteiger partial charge is 0.263 e. The molecule has 5 nitrogen and oxygen atoms in total. The second-order valence-electron chi connectivity index (χ2n) is 7.31. The van der Waals surface area contributed by atoms with Gasteiger partial charge >= 0.3 is 0 Å². The highest BCUT2D eigenvalue weighted by Gasteiger charge is 2.61. The van der Waals surface area contributed by atoms with Crippen LogP contribution in [-0.4, -0.2) is 60.0 Å². The van der Waals surface area contributed by atoms with Crippen molar-refractivity contribution in [1.82, 2.24) is 9.80 Å². The second-order valence-corrected chi connectivity index (χ2v) is 8.60. The summed E-state index contributed by atoms with van der Waals surface area (Å²) in [5.41, 5.74) is -0.184. The summed E-state index contributed by atoms with van der Waals surface area (Å²) in [6, 6.07) is 3.91. The van der Waals surface area contributed by atoms with Gasteiger partial charge in [0.25, 0.3) is 11.8 Å². The largest absolute Gasteiger partial charge is 0.369 e. The van der Waals surface area contributed by atoms with Gasteiger partial charge in [0.15, 0.2) is 6.10 Å². The number of aryl methyl sites for hydroxylation is 1. The van der Waals surface area contributed by atoms with E-state index in [4.69, 9.17) is 4.74 Å². The number of piperidine rings is 1. The number of nitrogens with zero attached hydrogens (tertiary/aromatic N) is 2. The third kappa shape index (κ3) is 2.47. The first kappa shape index (κ1) is 16.1. The Hall–Kier alpha value is -1.40. The Morgan fingerprint density at radius 2 is 2.04 bits per heavy atom. The molecule has 0 radical (unpaired) electrons. The van der Waals surface area contributed by atoms with Crippen molar-refractivity contribution in [3.05, 3.63) is 21.9 Å². The average molecular weight is 348 g/mol. The summed E-state index contributed by atoms with van der Waals surface area (Å²) < 4.78 is 5.52. The summed E-state index contributed by atoms with van der Waals surface area (Å²) in [4.78, 5) is 31.0. The van der Waals surface area contributed by atoms with Gasteiger partial charge in [-0.3, -0.25) is 9.59 Å². The van der Waals surface area contributed by atoms with Gasteiger partial charge in [-0.05, 0) is 50.7 Å². The van der Waals surface area contributed by atoms with Crippen molar-refractivity contribution in [2.75, 3.05) is 26.7 Å². The first-order valence-corrected chi connectivity index (χ1v) is 9.57. The number of carbonyl (C=O) groups is 2. The minimum atomic E-state index is -0.322. The molecule has 2 amide bonds. The summed E-state index contributed by atoms with van der Waals surface area (Å²) in [6.07, 6.45) is 3.79. The number of hydrogen-bond acceptors (Lipinski definition) is 4. The number of carbonyl (C=O) groups excluding carboxylic acids is 2. The third-order valence-electron chi connectivity index (χ3n) is 5.76. The molecule has 3 heterocycles. The summed E-state index contributed by atoms with van der Waals surface area (Å²) in [6.45, 7) is 4.29. The molecular formula is C18H24N2O3S. The minimum Gasteiger partial charge on any atom is -0.369 e. The Bertz CT molecular complexity index is 659. The molecule has 1 aliphatic carbocycles. The quantitative estimate of drug-likeness (QED) is 0.785. The van der Waals surface area contributed by atoms with Crippen LogP contribution in [0.4, 0.5) is 0 Å². The number of amides is 2. The number of β-lactam (4-membered cyclic amide) rings is 1. The molecule has 4 rings (SSSR count). The molecule has 3 aliphatic rings. The average Bonchev–Trinajstić information content (AvgIpc) is 3.32. The van der Waals surface area contributed by atoms with Crippen LogP contribution in [0.1, 0.15) is 40.2 Å². The van der Waals surface area contributed by atoms with Crippen LogP contribution in [0, 0.1) is 12.8 Å². The van der Waals surface area contributed by atoms with E-state index in [0.717, 1.165) is 29.1 Å². The van der Waals surface area contributed by atoms with Gasteiger partial charge in [0.1, 0.15) is 0 Å². The van der Waals surface area contributed by atoms with Crippen molar-refractivity contribution < 1.29 is 14.3 Å². The van der Waals surface area contributed by atoms with E-state index in [1.807, 2.05) is 24.0 Å². The van der Waals surface area contributed by atoms with E-state index < -0.39 is 0 Å². The highest BCUT2D eigenvalue weighted by Crippen LogP contribution is 2.45. The fourth-order valence-corrected chi connectivity index (χ4v) is 4.99. The maximum atomic E-state index is 12.6. The van der Waals surface area contributed by atoms with E-state index in [2.05, 4.69) is 4.90 Å². The summed E-state index contributed by atoms with van der Waals surface area (Å²) in [5, 5.41) is 0. The summed E-state index contributed by atoms with van der Waals surface area (Å²) in [5.74, 6) is 0.937. The van der Waals surface area contributed by atoms with E-state index in [1.54, 1.807) is 18.4 Å². The lowest BCUT2D eigenvalue weighted by Gasteiger charge is -2.59. The van der Waals surface area contributed by atoms with Crippen LogP contribution in [0.5, 0.6) is 0 Å². The van der Waals surface area contributed by atoms with E-state index in [9.17, 15) is 9.59 Å². The molecular weight excluding hydrogens is 324 g/mol. The van der Waals surface area contributed by atoms with Gasteiger partial charge in [0.05, 0.1) is 10.4 Å². The Morgan fingerprint density at radius 1 is 1.33 bits per heavy atom. The van der Waals surface area contributed by atoms with Crippen molar-refractivity contribution in [3.63, 3.8) is 0 Å². The number of rotatable bonds is 4. The normalized spacial score (nSPS) is 25.9. The molecule has 0 aromatic carbocycles. The van der Waals surface area contributed by atoms with E-state index in [1.165, 1.54) is 12.8 Å². The lowest BCUT2D eigenvalue weighted by atomic mass is 9.73. The van der Waals surface area contributed by atoms with Gasteiger partial charge < -0.3 is 14.5 Å². The number of hydrogen-bond donors (Lipinski definition) is 0. The monoisotopic (exact) mass is 348 g/mol. The Kier molecular flexibility index (Phi) is 3.92. The van der Waals surface area contributed by atoms with Gasteiger partial charge in [-0.2, -0.15) is 0 Å². The molecule has 1 aromatic rings. The molecule has 6 heteroatoms. The third-order valence-corrected chi connectivity index (χ3v) is 6.75. The van der Waals surface area contributed by atoms with Gasteiger partial charge in [0.2, 0.25) is 0 Å². The lowest BCUT2D eigenvalue weighted by molar-refractivity contribution is -0.198. The Labute approximate surface area is 146 Å². The van der Waals surface area contributed by atoms with Crippen molar-refractivity contribution in [2.24, 2.45) is 5.92 Å². The molecule has 0 bridgehead atoms. The maximum absolute atomic E-state index is 12.6. The van der Waals surface area contributed by atoms with Crippen LogP contribution in [-0.2, 0) is 9.53 Å². The van der Waals surface area contributed by atoms with Gasteiger partial charge in [-0.15, -0.1) is 11.3 Å². The molecule has 1 saturated carbocycles. The minimum absolute atomic E-state index is 0.122. The Balaban J connectivity index is 1.45.